The minimum atomic E-state index is -4.18. The molecule has 2 amide bonds. The van der Waals surface area contributed by atoms with Gasteiger partial charge in [-0.15, -0.1) is 0 Å². The Hall–Kier alpha value is -3.47. The number of nitrogens with zero attached hydrogens (tertiary/aromatic N) is 4. The average Bonchev–Trinajstić information content (AvgIpc) is 3.06. The highest BCUT2D eigenvalue weighted by Crippen LogP contribution is 2.25. The maximum atomic E-state index is 12.8. The van der Waals surface area contributed by atoms with Gasteiger partial charge in [-0.25, -0.2) is 27.9 Å². The number of methoxy groups -OCH3 is 1. The van der Waals surface area contributed by atoms with Gasteiger partial charge >= 0.3 is 6.03 Å². The van der Waals surface area contributed by atoms with Crippen molar-refractivity contribution in [2.24, 2.45) is 7.05 Å². The van der Waals surface area contributed by atoms with E-state index >= 15 is 0 Å². The van der Waals surface area contributed by atoms with Gasteiger partial charge in [-0.1, -0.05) is 12.1 Å². The number of hydrogen-bond acceptors (Lipinski definition) is 7. The number of anilines is 1. The molecule has 0 atom stereocenters. The third-order valence-corrected chi connectivity index (χ3v) is 5.12. The van der Waals surface area contributed by atoms with Crippen molar-refractivity contribution < 1.29 is 17.9 Å². The highest BCUT2D eigenvalue weighted by Gasteiger charge is 2.23. The zero-order valence-electron chi connectivity index (χ0n) is 15.4. The first kappa shape index (κ1) is 19.3. The monoisotopic (exact) mass is 402 g/mol. The van der Waals surface area contributed by atoms with E-state index in [4.69, 9.17) is 4.74 Å². The highest BCUT2D eigenvalue weighted by atomic mass is 32.2. The number of sulfonamides is 1. The molecule has 0 bridgehead atoms. The third kappa shape index (κ3) is 4.09. The van der Waals surface area contributed by atoms with E-state index in [1.165, 1.54) is 13.2 Å². The molecule has 28 heavy (non-hydrogen) atoms. The van der Waals surface area contributed by atoms with E-state index < -0.39 is 16.1 Å². The predicted molar refractivity (Wildman–Crippen MR) is 101 cm³/mol. The van der Waals surface area contributed by atoms with Crippen molar-refractivity contribution in [3.63, 3.8) is 0 Å². The van der Waals surface area contributed by atoms with Crippen LogP contribution in [0.5, 0.6) is 5.88 Å². The molecule has 2 aromatic heterocycles. The summed E-state index contributed by atoms with van der Waals surface area (Å²) in [4.78, 5) is 24.3. The van der Waals surface area contributed by atoms with Crippen LogP contribution in [0, 0.1) is 6.92 Å². The topological polar surface area (TPSA) is 128 Å². The summed E-state index contributed by atoms with van der Waals surface area (Å²) in [6, 6.07) is 6.84. The Kier molecular flexibility index (Phi) is 5.27. The summed E-state index contributed by atoms with van der Waals surface area (Å²) < 4.78 is 34.2. The SMILES string of the molecule is COc1cc(C)nc(NC(=O)NS(=O)(=O)c2ccccc2-c2nccn2C)n1. The number of carbonyl (C=O) groups excluding carboxylic acids is 1. The smallest absolute Gasteiger partial charge is 0.335 e. The largest absolute Gasteiger partial charge is 0.481 e. The van der Waals surface area contributed by atoms with E-state index in [0.29, 0.717) is 17.1 Å². The Morgan fingerprint density at radius 2 is 1.96 bits per heavy atom. The number of amides is 2. The van der Waals surface area contributed by atoms with Gasteiger partial charge in [0, 0.05) is 36.8 Å². The molecular weight excluding hydrogens is 384 g/mol. The summed E-state index contributed by atoms with van der Waals surface area (Å²) in [7, 11) is -1.02. The molecule has 0 radical (unpaired) electrons. The number of imidazole rings is 1. The van der Waals surface area contributed by atoms with Crippen molar-refractivity contribution in [2.75, 3.05) is 12.4 Å². The second kappa shape index (κ2) is 7.64. The summed E-state index contributed by atoms with van der Waals surface area (Å²) in [5.41, 5.74) is 0.911. The molecule has 2 heterocycles. The Bertz CT molecular complexity index is 1130. The van der Waals surface area contributed by atoms with Crippen molar-refractivity contribution in [3.05, 3.63) is 48.4 Å². The lowest BCUT2D eigenvalue weighted by Gasteiger charge is -2.12. The van der Waals surface area contributed by atoms with Gasteiger partial charge in [0.1, 0.15) is 5.82 Å². The van der Waals surface area contributed by atoms with Gasteiger partial charge < -0.3 is 9.30 Å². The maximum absolute atomic E-state index is 12.8. The number of urea groups is 1. The maximum Gasteiger partial charge on any atom is 0.335 e. The van der Waals surface area contributed by atoms with E-state index in [9.17, 15) is 13.2 Å². The number of benzene rings is 1. The van der Waals surface area contributed by atoms with Crippen molar-refractivity contribution in [1.82, 2.24) is 24.2 Å². The van der Waals surface area contributed by atoms with E-state index in [1.807, 2.05) is 4.72 Å². The van der Waals surface area contributed by atoms with Crippen LogP contribution in [0.1, 0.15) is 5.69 Å². The number of ether oxygens (including phenoxy) is 1. The van der Waals surface area contributed by atoms with Gasteiger partial charge in [-0.05, 0) is 19.1 Å². The molecule has 11 heteroatoms. The van der Waals surface area contributed by atoms with Crippen LogP contribution in [0.3, 0.4) is 0 Å². The minimum absolute atomic E-state index is 0.0813. The van der Waals surface area contributed by atoms with Gasteiger partial charge in [0.2, 0.25) is 11.8 Å². The normalized spacial score (nSPS) is 11.1. The van der Waals surface area contributed by atoms with E-state index in [-0.39, 0.29) is 16.7 Å². The number of rotatable bonds is 5. The molecule has 10 nitrogen and oxygen atoms in total. The molecule has 0 unspecified atom stereocenters. The van der Waals surface area contributed by atoms with Crippen LogP contribution in [-0.2, 0) is 17.1 Å². The minimum Gasteiger partial charge on any atom is -0.481 e. The number of carbonyl (C=O) groups is 1. The van der Waals surface area contributed by atoms with E-state index in [2.05, 4.69) is 20.3 Å². The van der Waals surface area contributed by atoms with E-state index in [1.54, 1.807) is 55.2 Å². The molecule has 0 aliphatic rings. The zero-order valence-corrected chi connectivity index (χ0v) is 16.2. The van der Waals surface area contributed by atoms with E-state index in [0.717, 1.165) is 0 Å². The fraction of sp³-hybridized carbons (Fsp3) is 0.176. The fourth-order valence-electron chi connectivity index (χ4n) is 2.52. The predicted octanol–water partition coefficient (Wildman–Crippen LogP) is 1.70. The Balaban J connectivity index is 1.86. The summed E-state index contributed by atoms with van der Waals surface area (Å²) in [5, 5.41) is 2.30. The van der Waals surface area contributed by atoms with Crippen LogP contribution >= 0.6 is 0 Å². The number of nitrogens with one attached hydrogen (secondary N) is 2. The van der Waals surface area contributed by atoms with Crippen LogP contribution in [-0.4, -0.2) is 41.1 Å². The third-order valence-electron chi connectivity index (χ3n) is 3.73. The van der Waals surface area contributed by atoms with Crippen LogP contribution in [0.25, 0.3) is 11.4 Å². The van der Waals surface area contributed by atoms with Crippen LogP contribution in [0.2, 0.25) is 0 Å². The lowest BCUT2D eigenvalue weighted by Crippen LogP contribution is -2.35. The van der Waals surface area contributed by atoms with Gasteiger partial charge in [-0.3, -0.25) is 5.32 Å². The van der Waals surface area contributed by atoms with Crippen molar-refractivity contribution in [1.29, 1.82) is 0 Å². The quantitative estimate of drug-likeness (QED) is 0.665. The standard InChI is InChI=1S/C17H18N6O4S/c1-11-10-14(27-3)20-16(19-11)21-17(24)22-28(25,26)13-7-5-4-6-12(13)15-18-8-9-23(15)2/h4-10H,1-3H3,(H2,19,20,21,22,24). The van der Waals surface area contributed by atoms with Crippen LogP contribution < -0.4 is 14.8 Å². The van der Waals surface area contributed by atoms with Crippen molar-refractivity contribution in [2.45, 2.75) is 11.8 Å². The van der Waals surface area contributed by atoms with Crippen LogP contribution in [0.4, 0.5) is 10.7 Å². The van der Waals surface area contributed by atoms with Crippen molar-refractivity contribution >= 4 is 22.0 Å². The highest BCUT2D eigenvalue weighted by molar-refractivity contribution is 7.90. The second-order valence-corrected chi connectivity index (χ2v) is 7.44. The lowest BCUT2D eigenvalue weighted by atomic mass is 10.2. The first-order valence-electron chi connectivity index (χ1n) is 8.10. The van der Waals surface area contributed by atoms with Gasteiger partial charge in [-0.2, -0.15) is 4.98 Å². The number of hydrogen-bond donors (Lipinski definition) is 2. The molecule has 0 saturated carbocycles. The summed E-state index contributed by atoms with van der Waals surface area (Å²) in [5.74, 6) is 0.612. The molecule has 0 spiro atoms. The summed E-state index contributed by atoms with van der Waals surface area (Å²) >= 11 is 0. The Morgan fingerprint density at radius 1 is 1.21 bits per heavy atom. The van der Waals surface area contributed by atoms with Gasteiger partial charge in [0.15, 0.2) is 0 Å². The second-order valence-electron chi connectivity index (χ2n) is 5.79. The molecule has 0 aliphatic carbocycles. The molecule has 0 fully saturated rings. The Labute approximate surface area is 161 Å². The average molecular weight is 402 g/mol. The molecule has 2 N–H and O–H groups in total. The number of aromatic nitrogens is 4. The molecule has 1 aromatic carbocycles. The molecular formula is C17H18N6O4S. The molecule has 0 aliphatic heterocycles. The molecule has 146 valence electrons. The van der Waals surface area contributed by atoms with Crippen LogP contribution in [0.15, 0.2) is 47.6 Å². The molecule has 0 saturated heterocycles. The first-order chi connectivity index (χ1) is 13.3. The fourth-order valence-corrected chi connectivity index (χ4v) is 3.63. The van der Waals surface area contributed by atoms with Gasteiger partial charge in [0.05, 0.1) is 12.0 Å². The summed E-state index contributed by atoms with van der Waals surface area (Å²) in [6.07, 6.45) is 3.25. The lowest BCUT2D eigenvalue weighted by molar-refractivity contribution is 0.256. The van der Waals surface area contributed by atoms with Gasteiger partial charge in [0.25, 0.3) is 10.0 Å². The first-order valence-corrected chi connectivity index (χ1v) is 9.58. The molecule has 3 rings (SSSR count). The van der Waals surface area contributed by atoms with Crippen molar-refractivity contribution in [3.8, 4) is 17.3 Å². The summed E-state index contributed by atoms with van der Waals surface area (Å²) in [6.45, 7) is 1.69. The zero-order chi connectivity index (χ0) is 20.3. The Morgan fingerprint density at radius 3 is 2.64 bits per heavy atom. The number of aryl methyl sites for hydroxylation is 2. The molecule has 3 aromatic rings.